The van der Waals surface area contributed by atoms with Crippen molar-refractivity contribution in [3.8, 4) is 0 Å². The van der Waals surface area contributed by atoms with E-state index < -0.39 is 5.97 Å². The maximum absolute atomic E-state index is 11.4. The minimum absolute atomic E-state index is 0.00834. The number of rotatable bonds is 6. The van der Waals surface area contributed by atoms with Crippen LogP contribution in [0.25, 0.3) is 0 Å². The van der Waals surface area contributed by atoms with E-state index in [4.69, 9.17) is 5.11 Å². The highest BCUT2D eigenvalue weighted by molar-refractivity contribution is 5.92. The molecular formula is C12H16N2O3. The normalized spacial score (nSPS) is 9.94. The second-order valence-corrected chi connectivity index (χ2v) is 3.67. The van der Waals surface area contributed by atoms with Gasteiger partial charge in [-0.2, -0.15) is 0 Å². The Balaban J connectivity index is 2.52. The van der Waals surface area contributed by atoms with E-state index in [9.17, 15) is 9.59 Å². The number of carbonyl (C=O) groups is 2. The van der Waals surface area contributed by atoms with Gasteiger partial charge in [-0.05, 0) is 24.7 Å². The fourth-order valence-corrected chi connectivity index (χ4v) is 1.41. The summed E-state index contributed by atoms with van der Waals surface area (Å²) in [5, 5.41) is 14.1. The average molecular weight is 236 g/mol. The monoisotopic (exact) mass is 236 g/mol. The Hall–Kier alpha value is -1.88. The molecule has 0 aliphatic rings. The van der Waals surface area contributed by atoms with Crippen molar-refractivity contribution in [1.82, 2.24) is 5.32 Å². The first kappa shape index (κ1) is 13.2. The second kappa shape index (κ2) is 6.65. The van der Waals surface area contributed by atoms with Gasteiger partial charge in [0.05, 0.1) is 6.42 Å². The summed E-state index contributed by atoms with van der Waals surface area (Å²) in [7, 11) is 1.85. The van der Waals surface area contributed by atoms with Crippen LogP contribution in [0.3, 0.4) is 0 Å². The molecule has 0 bridgehead atoms. The molecule has 0 saturated heterocycles. The maximum Gasteiger partial charge on any atom is 0.303 e. The van der Waals surface area contributed by atoms with Gasteiger partial charge in [0.1, 0.15) is 0 Å². The van der Waals surface area contributed by atoms with Gasteiger partial charge in [0.15, 0.2) is 0 Å². The summed E-state index contributed by atoms with van der Waals surface area (Å²) >= 11 is 0. The zero-order chi connectivity index (χ0) is 12.7. The lowest BCUT2D eigenvalue weighted by Gasteiger charge is -2.06. The molecule has 0 aromatic heterocycles. The average Bonchev–Trinajstić information content (AvgIpc) is 2.27. The maximum atomic E-state index is 11.4. The second-order valence-electron chi connectivity index (χ2n) is 3.67. The Morgan fingerprint density at radius 3 is 2.71 bits per heavy atom. The van der Waals surface area contributed by atoms with Crippen LogP contribution in [0.5, 0.6) is 0 Å². The number of carbonyl (C=O) groups excluding carboxylic acids is 1. The van der Waals surface area contributed by atoms with Gasteiger partial charge in [0.2, 0.25) is 5.91 Å². The van der Waals surface area contributed by atoms with Crippen LogP contribution in [0, 0.1) is 0 Å². The fraction of sp³-hybridized carbons (Fsp3) is 0.333. The van der Waals surface area contributed by atoms with Crippen molar-refractivity contribution in [3.05, 3.63) is 29.8 Å². The SMILES string of the molecule is CNCc1cccc(NC(=O)CCC(=O)O)c1. The zero-order valence-electron chi connectivity index (χ0n) is 9.69. The Labute approximate surface area is 99.8 Å². The summed E-state index contributed by atoms with van der Waals surface area (Å²) in [5.74, 6) is -1.25. The first-order valence-electron chi connectivity index (χ1n) is 5.37. The number of anilines is 1. The number of aliphatic carboxylic acids is 1. The van der Waals surface area contributed by atoms with Crippen LogP contribution in [-0.2, 0) is 16.1 Å². The van der Waals surface area contributed by atoms with E-state index in [1.54, 1.807) is 6.07 Å². The summed E-state index contributed by atoms with van der Waals surface area (Å²) in [6.45, 7) is 0.721. The molecule has 5 nitrogen and oxygen atoms in total. The first-order chi connectivity index (χ1) is 8.11. The lowest BCUT2D eigenvalue weighted by Crippen LogP contribution is -2.13. The third kappa shape index (κ3) is 5.12. The zero-order valence-corrected chi connectivity index (χ0v) is 9.69. The topological polar surface area (TPSA) is 78.4 Å². The lowest BCUT2D eigenvalue weighted by atomic mass is 10.2. The number of nitrogens with one attached hydrogen (secondary N) is 2. The first-order valence-corrected chi connectivity index (χ1v) is 5.37. The Morgan fingerprint density at radius 2 is 2.06 bits per heavy atom. The number of hydrogen-bond acceptors (Lipinski definition) is 3. The number of hydrogen-bond donors (Lipinski definition) is 3. The van der Waals surface area contributed by atoms with E-state index in [1.165, 1.54) is 0 Å². The third-order valence-electron chi connectivity index (χ3n) is 2.16. The highest BCUT2D eigenvalue weighted by atomic mass is 16.4. The molecule has 0 unspecified atom stereocenters. The molecule has 0 aliphatic carbocycles. The van der Waals surface area contributed by atoms with Crippen molar-refractivity contribution < 1.29 is 14.7 Å². The van der Waals surface area contributed by atoms with Gasteiger partial charge in [0, 0.05) is 18.7 Å². The number of amides is 1. The molecule has 0 radical (unpaired) electrons. The Morgan fingerprint density at radius 1 is 1.29 bits per heavy atom. The molecule has 0 aliphatic heterocycles. The van der Waals surface area contributed by atoms with E-state index in [-0.39, 0.29) is 18.7 Å². The van der Waals surface area contributed by atoms with Gasteiger partial charge in [-0.1, -0.05) is 12.1 Å². The molecule has 0 saturated carbocycles. The van der Waals surface area contributed by atoms with E-state index in [0.717, 1.165) is 12.1 Å². The minimum atomic E-state index is -0.968. The van der Waals surface area contributed by atoms with Crippen LogP contribution in [0.4, 0.5) is 5.69 Å². The highest BCUT2D eigenvalue weighted by Gasteiger charge is 2.05. The lowest BCUT2D eigenvalue weighted by molar-refractivity contribution is -0.138. The summed E-state index contributed by atoms with van der Waals surface area (Å²) in [5.41, 5.74) is 1.75. The van der Waals surface area contributed by atoms with Crippen LogP contribution in [-0.4, -0.2) is 24.0 Å². The van der Waals surface area contributed by atoms with Gasteiger partial charge in [-0.25, -0.2) is 0 Å². The number of benzene rings is 1. The molecule has 0 atom stereocenters. The summed E-state index contributed by atoms with van der Waals surface area (Å²) in [6.07, 6.45) is -0.159. The molecule has 17 heavy (non-hydrogen) atoms. The van der Waals surface area contributed by atoms with Crippen molar-refractivity contribution in [2.24, 2.45) is 0 Å². The van der Waals surface area contributed by atoms with Gasteiger partial charge in [0.25, 0.3) is 0 Å². The predicted octanol–water partition coefficient (Wildman–Crippen LogP) is 1.21. The van der Waals surface area contributed by atoms with Crippen LogP contribution >= 0.6 is 0 Å². The Bertz CT molecular complexity index is 404. The van der Waals surface area contributed by atoms with Gasteiger partial charge < -0.3 is 15.7 Å². The van der Waals surface area contributed by atoms with E-state index >= 15 is 0 Å². The predicted molar refractivity (Wildman–Crippen MR) is 64.7 cm³/mol. The van der Waals surface area contributed by atoms with Crippen molar-refractivity contribution in [1.29, 1.82) is 0 Å². The van der Waals surface area contributed by atoms with E-state index in [1.807, 2.05) is 25.2 Å². The molecule has 92 valence electrons. The van der Waals surface area contributed by atoms with Crippen LogP contribution in [0.2, 0.25) is 0 Å². The van der Waals surface area contributed by atoms with Crippen molar-refractivity contribution in [3.63, 3.8) is 0 Å². The van der Waals surface area contributed by atoms with Gasteiger partial charge >= 0.3 is 5.97 Å². The van der Waals surface area contributed by atoms with Crippen LogP contribution in [0.15, 0.2) is 24.3 Å². The fourth-order valence-electron chi connectivity index (χ4n) is 1.41. The molecule has 3 N–H and O–H groups in total. The number of carboxylic acid groups (broad SMARTS) is 1. The van der Waals surface area contributed by atoms with Gasteiger partial charge in [-0.15, -0.1) is 0 Å². The minimum Gasteiger partial charge on any atom is -0.481 e. The van der Waals surface area contributed by atoms with E-state index in [0.29, 0.717) is 5.69 Å². The third-order valence-corrected chi connectivity index (χ3v) is 2.16. The highest BCUT2D eigenvalue weighted by Crippen LogP contribution is 2.11. The summed E-state index contributed by atoms with van der Waals surface area (Å²) in [4.78, 5) is 21.7. The van der Waals surface area contributed by atoms with Crippen molar-refractivity contribution in [2.45, 2.75) is 19.4 Å². The van der Waals surface area contributed by atoms with Crippen molar-refractivity contribution >= 4 is 17.6 Å². The standard InChI is InChI=1S/C12H16N2O3/c1-13-8-9-3-2-4-10(7-9)14-11(15)5-6-12(16)17/h2-4,7,13H,5-6,8H2,1H3,(H,14,15)(H,16,17). The molecule has 0 heterocycles. The van der Waals surface area contributed by atoms with Crippen LogP contribution < -0.4 is 10.6 Å². The smallest absolute Gasteiger partial charge is 0.303 e. The summed E-state index contributed by atoms with van der Waals surface area (Å²) in [6, 6.07) is 7.43. The summed E-state index contributed by atoms with van der Waals surface area (Å²) < 4.78 is 0. The quantitative estimate of drug-likeness (QED) is 0.693. The molecule has 0 fully saturated rings. The molecule has 5 heteroatoms. The molecular weight excluding hydrogens is 220 g/mol. The number of carboxylic acids is 1. The van der Waals surface area contributed by atoms with Crippen LogP contribution in [0.1, 0.15) is 18.4 Å². The molecule has 1 amide bonds. The molecule has 0 spiro atoms. The van der Waals surface area contributed by atoms with Gasteiger partial charge in [-0.3, -0.25) is 9.59 Å². The molecule has 1 rings (SSSR count). The Kier molecular flexibility index (Phi) is 5.16. The largest absolute Gasteiger partial charge is 0.481 e. The van der Waals surface area contributed by atoms with E-state index in [2.05, 4.69) is 10.6 Å². The molecule has 1 aromatic rings. The molecule has 1 aromatic carbocycles. The van der Waals surface area contributed by atoms with Crippen molar-refractivity contribution in [2.75, 3.05) is 12.4 Å².